The second-order valence-electron chi connectivity index (χ2n) is 4.64. The molecule has 0 spiro atoms. The molecule has 3 rings (SSSR count). The van der Waals surface area contributed by atoms with E-state index in [9.17, 15) is 0 Å². The van der Waals surface area contributed by atoms with E-state index in [4.69, 9.17) is 0 Å². The van der Waals surface area contributed by atoms with Gasteiger partial charge < -0.3 is 5.32 Å². The van der Waals surface area contributed by atoms with E-state index < -0.39 is 0 Å². The van der Waals surface area contributed by atoms with Crippen molar-refractivity contribution in [1.82, 2.24) is 25.5 Å². The predicted octanol–water partition coefficient (Wildman–Crippen LogP) is -0.129. The number of hydrogen-bond acceptors (Lipinski definition) is 6. The van der Waals surface area contributed by atoms with Gasteiger partial charge >= 0.3 is 0 Å². The lowest BCUT2D eigenvalue weighted by Crippen LogP contribution is -2.67. The van der Waals surface area contributed by atoms with Crippen molar-refractivity contribution in [1.29, 1.82) is 0 Å². The number of hydrogen-bond donors (Lipinski definition) is 2. The summed E-state index contributed by atoms with van der Waals surface area (Å²) in [6.07, 6.45) is 3.66. The van der Waals surface area contributed by atoms with Crippen molar-refractivity contribution in [3.8, 4) is 0 Å². The standard InChI is InChI=1S/C12H19N5S/c1-2-14-11(15-3-1)12(10-13-4-5-16-12)17-6-8-18-9-7-17/h1-3,13,16H,4-10H2. The summed E-state index contributed by atoms with van der Waals surface area (Å²) in [6.45, 7) is 5.04. The van der Waals surface area contributed by atoms with E-state index in [1.54, 1.807) is 0 Å². The Kier molecular flexibility index (Phi) is 3.79. The number of nitrogens with zero attached hydrogens (tertiary/aromatic N) is 3. The van der Waals surface area contributed by atoms with Gasteiger partial charge in [0.25, 0.3) is 0 Å². The Hall–Kier alpha value is -0.690. The van der Waals surface area contributed by atoms with E-state index in [2.05, 4.69) is 25.5 Å². The molecule has 98 valence electrons. The largest absolute Gasteiger partial charge is 0.312 e. The Morgan fingerprint density at radius 3 is 2.61 bits per heavy atom. The summed E-state index contributed by atoms with van der Waals surface area (Å²) in [4.78, 5) is 11.5. The lowest BCUT2D eigenvalue weighted by molar-refractivity contribution is 0.0380. The first-order valence-electron chi connectivity index (χ1n) is 6.48. The van der Waals surface area contributed by atoms with Crippen LogP contribution in [0.4, 0.5) is 0 Å². The highest BCUT2D eigenvalue weighted by Gasteiger charge is 2.42. The summed E-state index contributed by atoms with van der Waals surface area (Å²) in [5, 5.41) is 7.13. The fraction of sp³-hybridized carbons (Fsp3) is 0.667. The van der Waals surface area contributed by atoms with Crippen LogP contribution in [0.2, 0.25) is 0 Å². The highest BCUT2D eigenvalue weighted by molar-refractivity contribution is 7.99. The van der Waals surface area contributed by atoms with Crippen molar-refractivity contribution in [2.24, 2.45) is 0 Å². The monoisotopic (exact) mass is 265 g/mol. The summed E-state index contributed by atoms with van der Waals surface area (Å²) < 4.78 is 0. The fourth-order valence-corrected chi connectivity index (χ4v) is 3.57. The van der Waals surface area contributed by atoms with E-state index in [1.165, 1.54) is 11.5 Å². The second-order valence-corrected chi connectivity index (χ2v) is 5.86. The van der Waals surface area contributed by atoms with E-state index in [0.717, 1.165) is 38.5 Å². The molecule has 2 aliphatic heterocycles. The zero-order chi connectivity index (χ0) is 12.3. The van der Waals surface area contributed by atoms with Gasteiger partial charge in [-0.05, 0) is 6.07 Å². The lowest BCUT2D eigenvalue weighted by Gasteiger charge is -2.47. The maximum absolute atomic E-state index is 4.49. The summed E-state index contributed by atoms with van der Waals surface area (Å²) in [6, 6.07) is 1.87. The van der Waals surface area contributed by atoms with E-state index in [-0.39, 0.29) is 5.66 Å². The maximum Gasteiger partial charge on any atom is 0.164 e. The molecule has 1 aromatic heterocycles. The molecule has 2 N–H and O–H groups in total. The van der Waals surface area contributed by atoms with Gasteiger partial charge in [0.05, 0.1) is 0 Å². The molecule has 0 radical (unpaired) electrons. The molecule has 0 saturated carbocycles. The first kappa shape index (κ1) is 12.3. The molecular formula is C12H19N5S. The van der Waals surface area contributed by atoms with Crippen molar-refractivity contribution < 1.29 is 0 Å². The molecule has 0 aromatic carbocycles. The Labute approximate surface area is 112 Å². The number of piperazine rings is 1. The van der Waals surface area contributed by atoms with Crippen molar-refractivity contribution in [3.63, 3.8) is 0 Å². The van der Waals surface area contributed by atoms with Crippen molar-refractivity contribution in [2.75, 3.05) is 44.2 Å². The molecule has 2 saturated heterocycles. The van der Waals surface area contributed by atoms with Crippen LogP contribution in [0, 0.1) is 0 Å². The first-order chi connectivity index (χ1) is 8.92. The number of nitrogens with one attached hydrogen (secondary N) is 2. The van der Waals surface area contributed by atoms with Crippen LogP contribution in [0.1, 0.15) is 5.82 Å². The topological polar surface area (TPSA) is 53.1 Å². The van der Waals surface area contributed by atoms with Crippen LogP contribution in [-0.2, 0) is 5.66 Å². The third-order valence-corrected chi connectivity index (χ3v) is 4.53. The van der Waals surface area contributed by atoms with Gasteiger partial charge in [-0.1, -0.05) is 0 Å². The average molecular weight is 265 g/mol. The zero-order valence-corrected chi connectivity index (χ0v) is 11.2. The molecule has 5 nitrogen and oxygen atoms in total. The van der Waals surface area contributed by atoms with Gasteiger partial charge in [-0.2, -0.15) is 11.8 Å². The molecule has 2 fully saturated rings. The molecule has 0 bridgehead atoms. The van der Waals surface area contributed by atoms with Crippen molar-refractivity contribution in [2.45, 2.75) is 5.66 Å². The van der Waals surface area contributed by atoms with Crippen LogP contribution in [0.15, 0.2) is 18.5 Å². The van der Waals surface area contributed by atoms with Crippen molar-refractivity contribution >= 4 is 11.8 Å². The van der Waals surface area contributed by atoms with Gasteiger partial charge in [0, 0.05) is 56.6 Å². The number of rotatable bonds is 2. The smallest absolute Gasteiger partial charge is 0.164 e. The minimum Gasteiger partial charge on any atom is -0.312 e. The summed E-state index contributed by atoms with van der Waals surface area (Å²) >= 11 is 2.03. The van der Waals surface area contributed by atoms with Crippen LogP contribution >= 0.6 is 11.8 Å². The van der Waals surface area contributed by atoms with Crippen LogP contribution in [0.3, 0.4) is 0 Å². The van der Waals surface area contributed by atoms with Gasteiger partial charge in [-0.3, -0.25) is 10.2 Å². The zero-order valence-electron chi connectivity index (χ0n) is 10.4. The highest BCUT2D eigenvalue weighted by Crippen LogP contribution is 2.26. The highest BCUT2D eigenvalue weighted by atomic mass is 32.2. The predicted molar refractivity (Wildman–Crippen MR) is 73.5 cm³/mol. The third kappa shape index (κ3) is 2.25. The Morgan fingerprint density at radius 2 is 1.94 bits per heavy atom. The first-order valence-corrected chi connectivity index (χ1v) is 7.63. The fourth-order valence-electron chi connectivity index (χ4n) is 2.67. The van der Waals surface area contributed by atoms with E-state index in [1.807, 2.05) is 30.2 Å². The molecular weight excluding hydrogens is 246 g/mol. The summed E-state index contributed by atoms with van der Waals surface area (Å²) in [5.41, 5.74) is -0.222. The molecule has 18 heavy (non-hydrogen) atoms. The average Bonchev–Trinajstić information content (AvgIpc) is 2.50. The van der Waals surface area contributed by atoms with Crippen LogP contribution in [-0.4, -0.2) is 59.1 Å². The van der Waals surface area contributed by atoms with Crippen LogP contribution < -0.4 is 10.6 Å². The SMILES string of the molecule is c1cnc(C2(N3CCSCC3)CNCCN2)nc1. The molecule has 1 unspecified atom stereocenters. The normalized spacial score (nSPS) is 30.2. The Bertz CT molecular complexity index is 373. The minimum absolute atomic E-state index is 0.222. The van der Waals surface area contributed by atoms with Crippen LogP contribution in [0.25, 0.3) is 0 Å². The second kappa shape index (κ2) is 5.52. The maximum atomic E-state index is 4.49. The summed E-state index contributed by atoms with van der Waals surface area (Å²) in [5.74, 6) is 3.27. The molecule has 1 aromatic rings. The number of aromatic nitrogens is 2. The van der Waals surface area contributed by atoms with Gasteiger partial charge in [-0.15, -0.1) is 0 Å². The molecule has 3 heterocycles. The van der Waals surface area contributed by atoms with Crippen molar-refractivity contribution in [3.05, 3.63) is 24.3 Å². The van der Waals surface area contributed by atoms with Crippen LogP contribution in [0.5, 0.6) is 0 Å². The Balaban J connectivity index is 1.92. The molecule has 6 heteroatoms. The molecule has 0 amide bonds. The van der Waals surface area contributed by atoms with E-state index in [0.29, 0.717) is 0 Å². The Morgan fingerprint density at radius 1 is 1.17 bits per heavy atom. The quantitative estimate of drug-likeness (QED) is 0.777. The minimum atomic E-state index is -0.222. The third-order valence-electron chi connectivity index (χ3n) is 3.59. The lowest BCUT2D eigenvalue weighted by atomic mass is 10.0. The van der Waals surface area contributed by atoms with Gasteiger partial charge in [-0.25, -0.2) is 9.97 Å². The van der Waals surface area contributed by atoms with Gasteiger partial charge in [0.2, 0.25) is 0 Å². The van der Waals surface area contributed by atoms with E-state index >= 15 is 0 Å². The van der Waals surface area contributed by atoms with Gasteiger partial charge in [0.15, 0.2) is 5.82 Å². The molecule has 2 aliphatic rings. The number of thioether (sulfide) groups is 1. The van der Waals surface area contributed by atoms with Gasteiger partial charge in [0.1, 0.15) is 5.66 Å². The molecule has 0 aliphatic carbocycles. The summed E-state index contributed by atoms with van der Waals surface area (Å²) in [7, 11) is 0. The molecule has 1 atom stereocenters.